The Balaban J connectivity index is 1.60. The fourth-order valence-corrected chi connectivity index (χ4v) is 2.63. The second kappa shape index (κ2) is 10.1. The number of H-pyrrole nitrogens is 1. The quantitative estimate of drug-likeness (QED) is 0.328. The van der Waals surface area contributed by atoms with Crippen molar-refractivity contribution in [1.29, 1.82) is 0 Å². The Bertz CT molecular complexity index is 950. The molecule has 0 fully saturated rings. The third-order valence-corrected chi connectivity index (χ3v) is 4.09. The molecule has 0 aliphatic heterocycles. The SMILES string of the molecule is CCCCCOc1ccc(/C=N\Nc2nc(-c3ccccc3)cc(=O)[nH]2)cc1. The van der Waals surface area contributed by atoms with Gasteiger partial charge in [0.2, 0.25) is 5.95 Å². The van der Waals surface area contributed by atoms with E-state index in [9.17, 15) is 4.79 Å². The Kier molecular flexibility index (Phi) is 6.95. The Morgan fingerprint density at radius 2 is 1.89 bits per heavy atom. The van der Waals surface area contributed by atoms with Crippen molar-refractivity contribution in [3.63, 3.8) is 0 Å². The number of nitrogens with zero attached hydrogens (tertiary/aromatic N) is 2. The van der Waals surface area contributed by atoms with Gasteiger partial charge in [0.15, 0.2) is 0 Å². The average molecular weight is 376 g/mol. The summed E-state index contributed by atoms with van der Waals surface area (Å²) in [5, 5.41) is 4.16. The maximum absolute atomic E-state index is 11.9. The van der Waals surface area contributed by atoms with Crippen LogP contribution in [0.2, 0.25) is 0 Å². The fraction of sp³-hybridized carbons (Fsp3) is 0.227. The molecule has 0 aliphatic rings. The molecule has 0 bridgehead atoms. The lowest BCUT2D eigenvalue weighted by Crippen LogP contribution is -2.10. The van der Waals surface area contributed by atoms with E-state index in [0.29, 0.717) is 11.6 Å². The maximum Gasteiger partial charge on any atom is 0.252 e. The summed E-state index contributed by atoms with van der Waals surface area (Å²) in [4.78, 5) is 18.9. The zero-order valence-electron chi connectivity index (χ0n) is 15.9. The minimum Gasteiger partial charge on any atom is -0.494 e. The van der Waals surface area contributed by atoms with E-state index in [1.807, 2.05) is 54.6 Å². The van der Waals surface area contributed by atoms with Crippen LogP contribution in [-0.2, 0) is 0 Å². The lowest BCUT2D eigenvalue weighted by atomic mass is 10.1. The lowest BCUT2D eigenvalue weighted by Gasteiger charge is -2.05. The zero-order valence-corrected chi connectivity index (χ0v) is 15.9. The molecule has 0 spiro atoms. The van der Waals surface area contributed by atoms with Crippen LogP contribution in [0.25, 0.3) is 11.3 Å². The summed E-state index contributed by atoms with van der Waals surface area (Å²) in [5.41, 5.74) is 4.91. The van der Waals surface area contributed by atoms with E-state index in [0.717, 1.165) is 29.9 Å². The number of hydrogen-bond donors (Lipinski definition) is 2. The van der Waals surface area contributed by atoms with Crippen LogP contribution in [0.3, 0.4) is 0 Å². The minimum absolute atomic E-state index is 0.240. The third-order valence-electron chi connectivity index (χ3n) is 4.09. The number of nitrogens with one attached hydrogen (secondary N) is 2. The van der Waals surface area contributed by atoms with Gasteiger partial charge in [-0.05, 0) is 36.2 Å². The minimum atomic E-state index is -0.240. The molecule has 0 atom stereocenters. The first-order valence-corrected chi connectivity index (χ1v) is 9.43. The first-order chi connectivity index (χ1) is 13.7. The fourth-order valence-electron chi connectivity index (χ4n) is 2.63. The van der Waals surface area contributed by atoms with Crippen molar-refractivity contribution in [2.75, 3.05) is 12.0 Å². The second-order valence-corrected chi connectivity index (χ2v) is 6.34. The van der Waals surface area contributed by atoms with Gasteiger partial charge in [-0.3, -0.25) is 9.78 Å². The summed E-state index contributed by atoms with van der Waals surface area (Å²) in [7, 11) is 0. The van der Waals surface area contributed by atoms with Crippen LogP contribution in [0, 0.1) is 0 Å². The van der Waals surface area contributed by atoms with E-state index in [1.54, 1.807) is 6.21 Å². The molecule has 6 nitrogen and oxygen atoms in total. The van der Waals surface area contributed by atoms with Gasteiger partial charge < -0.3 is 4.74 Å². The maximum atomic E-state index is 11.9. The molecular weight excluding hydrogens is 352 g/mol. The highest BCUT2D eigenvalue weighted by Gasteiger charge is 2.03. The molecule has 6 heteroatoms. The Morgan fingerprint density at radius 1 is 1.11 bits per heavy atom. The van der Waals surface area contributed by atoms with Crippen molar-refractivity contribution in [2.24, 2.45) is 5.10 Å². The summed E-state index contributed by atoms with van der Waals surface area (Å²) in [6, 6.07) is 18.7. The number of unbranched alkanes of at least 4 members (excludes halogenated alkanes) is 2. The summed E-state index contributed by atoms with van der Waals surface area (Å²) in [6.07, 6.45) is 5.09. The molecule has 2 N–H and O–H groups in total. The summed E-state index contributed by atoms with van der Waals surface area (Å²) < 4.78 is 5.70. The van der Waals surface area contributed by atoms with Crippen LogP contribution in [0.5, 0.6) is 5.75 Å². The zero-order chi connectivity index (χ0) is 19.6. The number of aromatic nitrogens is 2. The van der Waals surface area contributed by atoms with Gasteiger partial charge in [0.05, 0.1) is 18.5 Å². The van der Waals surface area contributed by atoms with Crippen molar-refractivity contribution in [3.8, 4) is 17.0 Å². The highest BCUT2D eigenvalue weighted by Crippen LogP contribution is 2.15. The van der Waals surface area contributed by atoms with Gasteiger partial charge in [0.1, 0.15) is 5.75 Å². The smallest absolute Gasteiger partial charge is 0.252 e. The Hall–Kier alpha value is -3.41. The molecule has 3 rings (SSSR count). The first-order valence-electron chi connectivity index (χ1n) is 9.43. The first kappa shape index (κ1) is 19.4. The number of anilines is 1. The van der Waals surface area contributed by atoms with E-state index in [2.05, 4.69) is 27.4 Å². The number of hydrogen-bond acceptors (Lipinski definition) is 5. The van der Waals surface area contributed by atoms with Crippen LogP contribution in [0.4, 0.5) is 5.95 Å². The summed E-state index contributed by atoms with van der Waals surface area (Å²) >= 11 is 0. The predicted molar refractivity (Wildman–Crippen MR) is 113 cm³/mol. The van der Waals surface area contributed by atoms with Crippen LogP contribution < -0.4 is 15.7 Å². The average Bonchev–Trinajstić information content (AvgIpc) is 2.73. The van der Waals surface area contributed by atoms with Gasteiger partial charge in [0.25, 0.3) is 5.56 Å². The normalized spacial score (nSPS) is 10.9. The van der Waals surface area contributed by atoms with E-state index in [-0.39, 0.29) is 5.56 Å². The van der Waals surface area contributed by atoms with Crippen LogP contribution in [0.15, 0.2) is 70.6 Å². The van der Waals surface area contributed by atoms with Crippen LogP contribution in [0.1, 0.15) is 31.7 Å². The molecule has 0 saturated heterocycles. The monoisotopic (exact) mass is 376 g/mol. The van der Waals surface area contributed by atoms with Crippen molar-refractivity contribution >= 4 is 12.2 Å². The number of benzene rings is 2. The molecule has 2 aromatic carbocycles. The lowest BCUT2D eigenvalue weighted by molar-refractivity contribution is 0.306. The topological polar surface area (TPSA) is 79.4 Å². The van der Waals surface area contributed by atoms with Gasteiger partial charge in [-0.2, -0.15) is 5.10 Å². The number of aromatic amines is 1. The molecule has 0 amide bonds. The molecule has 144 valence electrons. The van der Waals surface area contributed by atoms with Crippen LogP contribution >= 0.6 is 0 Å². The van der Waals surface area contributed by atoms with Crippen molar-refractivity contribution in [3.05, 3.63) is 76.6 Å². The van der Waals surface area contributed by atoms with Gasteiger partial charge in [-0.25, -0.2) is 10.4 Å². The van der Waals surface area contributed by atoms with E-state index >= 15 is 0 Å². The Morgan fingerprint density at radius 3 is 2.64 bits per heavy atom. The predicted octanol–water partition coefficient (Wildman–Crippen LogP) is 4.45. The van der Waals surface area contributed by atoms with Gasteiger partial charge in [-0.1, -0.05) is 50.1 Å². The molecule has 0 aliphatic carbocycles. The molecule has 0 saturated carbocycles. The molecular formula is C22H24N4O2. The highest BCUT2D eigenvalue weighted by molar-refractivity contribution is 5.80. The molecule has 28 heavy (non-hydrogen) atoms. The van der Waals surface area contributed by atoms with Gasteiger partial charge in [0, 0.05) is 11.6 Å². The summed E-state index contributed by atoms with van der Waals surface area (Å²) in [5.74, 6) is 1.14. The van der Waals surface area contributed by atoms with E-state index in [4.69, 9.17) is 4.74 Å². The van der Waals surface area contributed by atoms with E-state index < -0.39 is 0 Å². The standard InChI is InChI=1S/C22H24N4O2/c1-2-3-7-14-28-19-12-10-17(11-13-19)16-23-26-22-24-20(15-21(27)25-22)18-8-5-4-6-9-18/h4-6,8-13,15-16H,2-3,7,14H2,1H3,(H2,24,25,26,27)/b23-16-. The second-order valence-electron chi connectivity index (χ2n) is 6.34. The number of ether oxygens (including phenoxy) is 1. The largest absolute Gasteiger partial charge is 0.494 e. The van der Waals surface area contributed by atoms with Crippen molar-refractivity contribution < 1.29 is 4.74 Å². The molecule has 1 heterocycles. The molecule has 3 aromatic rings. The highest BCUT2D eigenvalue weighted by atomic mass is 16.5. The van der Waals surface area contributed by atoms with Crippen molar-refractivity contribution in [1.82, 2.24) is 9.97 Å². The van der Waals surface area contributed by atoms with Crippen LogP contribution in [-0.4, -0.2) is 22.8 Å². The molecule has 0 unspecified atom stereocenters. The van der Waals surface area contributed by atoms with Gasteiger partial charge in [-0.15, -0.1) is 0 Å². The van der Waals surface area contributed by atoms with Gasteiger partial charge >= 0.3 is 0 Å². The Labute approximate surface area is 164 Å². The number of hydrazone groups is 1. The van der Waals surface area contributed by atoms with E-state index in [1.165, 1.54) is 18.9 Å². The summed E-state index contributed by atoms with van der Waals surface area (Å²) in [6.45, 7) is 2.91. The molecule has 1 aromatic heterocycles. The third kappa shape index (κ3) is 5.81. The number of rotatable bonds is 9. The molecule has 0 radical (unpaired) electrons. The van der Waals surface area contributed by atoms with Crippen molar-refractivity contribution in [2.45, 2.75) is 26.2 Å².